The van der Waals surface area contributed by atoms with Gasteiger partial charge in [0.05, 0.1) is 0 Å². The number of hydrogen-bond donors (Lipinski definition) is 0. The molecule has 0 nitrogen and oxygen atoms in total. The summed E-state index contributed by atoms with van der Waals surface area (Å²) in [5.74, 6) is 2.18. The standard InChI is InChI=1S/C9H16.C8H14/c1-8-2-4-9(5-3-8)6-7-9;1-8-4-2-7(6-8)3-5-8/h8H,2-7H2,1H3;7H,2-6H2,1H3. The average molecular weight is 234 g/mol. The number of hydrogen-bond acceptors (Lipinski definition) is 0. The zero-order valence-electron chi connectivity index (χ0n) is 11.9. The van der Waals surface area contributed by atoms with Crippen LogP contribution in [0.15, 0.2) is 0 Å². The fourth-order valence-electron chi connectivity index (χ4n) is 4.53. The minimum Gasteiger partial charge on any atom is -0.0625 e. The zero-order chi connectivity index (χ0) is 11.9. The highest BCUT2D eigenvalue weighted by Gasteiger charge is 2.43. The summed E-state index contributed by atoms with van der Waals surface area (Å²) in [6, 6.07) is 0. The lowest BCUT2D eigenvalue weighted by molar-refractivity contribution is 0.271. The van der Waals surface area contributed by atoms with E-state index >= 15 is 0 Å². The average Bonchev–Trinajstić information content (AvgIpc) is 2.83. The van der Waals surface area contributed by atoms with Crippen LogP contribution in [0, 0.1) is 22.7 Å². The van der Waals surface area contributed by atoms with Gasteiger partial charge in [0.2, 0.25) is 0 Å². The second kappa shape index (κ2) is 4.28. The Morgan fingerprint density at radius 1 is 0.765 bits per heavy atom. The van der Waals surface area contributed by atoms with Gasteiger partial charge in [0.15, 0.2) is 0 Å². The fourth-order valence-corrected chi connectivity index (χ4v) is 4.53. The monoisotopic (exact) mass is 234 g/mol. The molecule has 4 aliphatic rings. The molecule has 0 unspecified atom stereocenters. The first-order valence-electron chi connectivity index (χ1n) is 8.09. The van der Waals surface area contributed by atoms with E-state index in [0.29, 0.717) is 0 Å². The Morgan fingerprint density at radius 3 is 1.65 bits per heavy atom. The smallest absolute Gasteiger partial charge is 0.0297 e. The Kier molecular flexibility index (Phi) is 3.04. The highest BCUT2D eigenvalue weighted by Crippen LogP contribution is 2.57. The van der Waals surface area contributed by atoms with E-state index in [9.17, 15) is 0 Å². The molecule has 17 heavy (non-hydrogen) atoms. The normalized spacial score (nSPS) is 42.4. The molecule has 4 rings (SSSR count). The molecule has 1 spiro atoms. The van der Waals surface area contributed by atoms with E-state index in [2.05, 4.69) is 13.8 Å². The Morgan fingerprint density at radius 2 is 1.35 bits per heavy atom. The molecule has 4 aliphatic carbocycles. The van der Waals surface area contributed by atoms with Gasteiger partial charge in [-0.15, -0.1) is 0 Å². The van der Waals surface area contributed by atoms with Crippen molar-refractivity contribution in [2.75, 3.05) is 0 Å². The summed E-state index contributed by atoms with van der Waals surface area (Å²) in [5, 5.41) is 0. The quantitative estimate of drug-likeness (QED) is 0.514. The molecule has 98 valence electrons. The van der Waals surface area contributed by atoms with Crippen molar-refractivity contribution in [2.24, 2.45) is 22.7 Å². The van der Waals surface area contributed by atoms with Crippen LogP contribution in [0.1, 0.15) is 84.5 Å². The van der Waals surface area contributed by atoms with E-state index in [1.807, 2.05) is 0 Å². The van der Waals surface area contributed by atoms with Crippen LogP contribution in [-0.2, 0) is 0 Å². The lowest BCUT2D eigenvalue weighted by atomic mass is 9.81. The molecular weight excluding hydrogens is 204 g/mol. The first-order chi connectivity index (χ1) is 8.09. The summed E-state index contributed by atoms with van der Waals surface area (Å²) in [4.78, 5) is 0. The van der Waals surface area contributed by atoms with Crippen LogP contribution in [0.4, 0.5) is 0 Å². The van der Waals surface area contributed by atoms with Gasteiger partial charge in [-0.05, 0) is 80.5 Å². The van der Waals surface area contributed by atoms with Gasteiger partial charge >= 0.3 is 0 Å². The van der Waals surface area contributed by atoms with E-state index in [1.54, 1.807) is 32.1 Å². The lowest BCUT2D eigenvalue weighted by Crippen LogP contribution is -2.12. The summed E-state index contributed by atoms with van der Waals surface area (Å²) in [7, 11) is 0. The summed E-state index contributed by atoms with van der Waals surface area (Å²) in [6.07, 6.45) is 16.9. The molecule has 0 N–H and O–H groups in total. The van der Waals surface area contributed by atoms with Crippen molar-refractivity contribution in [3.8, 4) is 0 Å². The van der Waals surface area contributed by atoms with Crippen molar-refractivity contribution >= 4 is 0 Å². The van der Waals surface area contributed by atoms with Gasteiger partial charge in [-0.1, -0.05) is 26.7 Å². The topological polar surface area (TPSA) is 0 Å². The highest BCUT2D eigenvalue weighted by molar-refractivity contribution is 4.95. The van der Waals surface area contributed by atoms with Crippen molar-refractivity contribution in [2.45, 2.75) is 84.5 Å². The summed E-state index contributed by atoms with van der Waals surface area (Å²) < 4.78 is 0. The molecule has 0 aromatic heterocycles. The predicted octanol–water partition coefficient (Wildman–Crippen LogP) is 5.56. The second-order valence-corrected chi connectivity index (χ2v) is 8.14. The van der Waals surface area contributed by atoms with Crippen LogP contribution in [0.25, 0.3) is 0 Å². The minimum atomic E-state index is 0.810. The molecule has 0 aromatic rings. The van der Waals surface area contributed by atoms with E-state index in [-0.39, 0.29) is 0 Å². The largest absolute Gasteiger partial charge is 0.0625 e. The van der Waals surface area contributed by atoms with Crippen molar-refractivity contribution in [1.29, 1.82) is 0 Å². The maximum absolute atomic E-state index is 2.46. The fraction of sp³-hybridized carbons (Fsp3) is 1.00. The molecule has 0 aliphatic heterocycles. The number of rotatable bonds is 0. The molecule has 0 amide bonds. The molecule has 0 heteroatoms. The zero-order valence-corrected chi connectivity index (χ0v) is 11.9. The molecule has 0 atom stereocenters. The summed E-state index contributed by atoms with van der Waals surface area (Å²) in [5.41, 5.74) is 1.72. The van der Waals surface area contributed by atoms with Crippen LogP contribution in [0.3, 0.4) is 0 Å². The highest BCUT2D eigenvalue weighted by atomic mass is 14.5. The van der Waals surface area contributed by atoms with Crippen LogP contribution in [0.2, 0.25) is 0 Å². The third kappa shape index (κ3) is 2.71. The van der Waals surface area contributed by atoms with Gasteiger partial charge in [-0.2, -0.15) is 0 Å². The van der Waals surface area contributed by atoms with Crippen LogP contribution in [-0.4, -0.2) is 0 Å². The van der Waals surface area contributed by atoms with Crippen molar-refractivity contribution in [1.82, 2.24) is 0 Å². The molecule has 4 fully saturated rings. The van der Waals surface area contributed by atoms with Crippen molar-refractivity contribution < 1.29 is 0 Å². The SMILES string of the molecule is CC12CCC(CC1)C2.CC1CCC2(CC1)CC2. The van der Waals surface area contributed by atoms with E-state index in [4.69, 9.17) is 0 Å². The van der Waals surface area contributed by atoms with Crippen molar-refractivity contribution in [3.63, 3.8) is 0 Å². The minimum absolute atomic E-state index is 0.810. The van der Waals surface area contributed by atoms with Crippen molar-refractivity contribution in [3.05, 3.63) is 0 Å². The van der Waals surface area contributed by atoms with Gasteiger partial charge < -0.3 is 0 Å². The molecule has 2 bridgehead atoms. The summed E-state index contributed by atoms with van der Waals surface area (Å²) >= 11 is 0. The Balaban J connectivity index is 0.000000107. The predicted molar refractivity (Wildman–Crippen MR) is 74.0 cm³/mol. The second-order valence-electron chi connectivity index (χ2n) is 8.14. The summed E-state index contributed by atoms with van der Waals surface area (Å²) in [6.45, 7) is 4.86. The van der Waals surface area contributed by atoms with Gasteiger partial charge in [0, 0.05) is 0 Å². The Labute approximate surface area is 108 Å². The first-order valence-corrected chi connectivity index (χ1v) is 8.09. The molecule has 0 saturated heterocycles. The molecule has 4 saturated carbocycles. The third-order valence-electron chi connectivity index (χ3n) is 6.39. The van der Waals surface area contributed by atoms with Crippen LogP contribution in [0.5, 0.6) is 0 Å². The van der Waals surface area contributed by atoms with Crippen LogP contribution >= 0.6 is 0 Å². The third-order valence-corrected chi connectivity index (χ3v) is 6.39. The Hall–Kier alpha value is 0. The Bertz CT molecular complexity index is 256. The first kappa shape index (κ1) is 12.1. The van der Waals surface area contributed by atoms with Gasteiger partial charge in [0.1, 0.15) is 0 Å². The van der Waals surface area contributed by atoms with Gasteiger partial charge in [-0.25, -0.2) is 0 Å². The van der Waals surface area contributed by atoms with Gasteiger partial charge in [0.25, 0.3) is 0 Å². The maximum Gasteiger partial charge on any atom is -0.0297 e. The molecule has 0 aromatic carbocycles. The van der Waals surface area contributed by atoms with E-state index in [0.717, 1.165) is 22.7 Å². The lowest BCUT2D eigenvalue weighted by Gasteiger charge is -2.25. The van der Waals surface area contributed by atoms with E-state index in [1.165, 1.54) is 38.5 Å². The molecule has 0 radical (unpaired) electrons. The van der Waals surface area contributed by atoms with Crippen LogP contribution < -0.4 is 0 Å². The number of fused-ring (bicyclic) bond motifs is 2. The molecular formula is C17H30. The maximum atomic E-state index is 2.46. The molecule has 0 heterocycles. The van der Waals surface area contributed by atoms with E-state index < -0.39 is 0 Å². The van der Waals surface area contributed by atoms with Gasteiger partial charge in [-0.3, -0.25) is 0 Å².